The van der Waals surface area contributed by atoms with Gasteiger partial charge in [0, 0.05) is 26.7 Å². The highest BCUT2D eigenvalue weighted by Crippen LogP contribution is 2.11. The molecule has 1 aromatic heterocycles. The van der Waals surface area contributed by atoms with Gasteiger partial charge in [0.1, 0.15) is 11.4 Å². The van der Waals surface area contributed by atoms with E-state index in [-0.39, 0.29) is 12.1 Å². The topological polar surface area (TPSA) is 79.1 Å². The number of carbonyl (C=O) groups excluding carboxylic acids is 1. The summed E-state index contributed by atoms with van der Waals surface area (Å²) in [5, 5.41) is 6.24. The molecule has 1 atom stereocenters. The Labute approximate surface area is 157 Å². The summed E-state index contributed by atoms with van der Waals surface area (Å²) >= 11 is 0. The lowest BCUT2D eigenvalue weighted by Crippen LogP contribution is -2.45. The lowest BCUT2D eigenvalue weighted by atomic mass is 10.0. The Morgan fingerprint density at radius 2 is 2.08 bits per heavy atom. The van der Waals surface area contributed by atoms with Gasteiger partial charge in [-0.3, -0.25) is 4.99 Å². The SMILES string of the molecule is CN=C(NCc1ccco1)N(C)CCC(NC(=O)OC(C)(C)C)C(C)C. The number of aliphatic imine (C=N–C) groups is 1. The van der Waals surface area contributed by atoms with Gasteiger partial charge in [-0.05, 0) is 45.2 Å². The molecule has 0 bridgehead atoms. The van der Waals surface area contributed by atoms with Gasteiger partial charge in [0.05, 0.1) is 12.8 Å². The van der Waals surface area contributed by atoms with Crippen molar-refractivity contribution in [3.05, 3.63) is 24.2 Å². The van der Waals surface area contributed by atoms with Gasteiger partial charge in [-0.15, -0.1) is 0 Å². The molecular formula is C19H34N4O3. The van der Waals surface area contributed by atoms with E-state index in [2.05, 4.69) is 29.5 Å². The standard InChI is InChI=1S/C19H34N4O3/c1-14(2)16(22-18(24)26-19(3,4)5)10-11-23(7)17(20-6)21-13-15-9-8-12-25-15/h8-9,12,14,16H,10-11,13H2,1-7H3,(H,20,21)(H,22,24). The average molecular weight is 367 g/mol. The highest BCUT2D eigenvalue weighted by Gasteiger charge is 2.22. The first-order valence-corrected chi connectivity index (χ1v) is 9.06. The predicted octanol–water partition coefficient (Wildman–Crippen LogP) is 3.23. The molecule has 0 aliphatic rings. The van der Waals surface area contributed by atoms with Crippen LogP contribution in [0.25, 0.3) is 0 Å². The molecule has 0 saturated heterocycles. The number of nitrogens with zero attached hydrogens (tertiary/aromatic N) is 2. The number of carbonyl (C=O) groups is 1. The Kier molecular flexibility index (Phi) is 8.48. The van der Waals surface area contributed by atoms with Crippen molar-refractivity contribution in [1.29, 1.82) is 0 Å². The van der Waals surface area contributed by atoms with Gasteiger partial charge in [0.15, 0.2) is 5.96 Å². The second-order valence-electron chi connectivity index (χ2n) is 7.69. The Morgan fingerprint density at radius 3 is 2.58 bits per heavy atom. The first-order chi connectivity index (χ1) is 12.1. The van der Waals surface area contributed by atoms with Crippen LogP contribution in [0.4, 0.5) is 4.79 Å². The largest absolute Gasteiger partial charge is 0.467 e. The fourth-order valence-electron chi connectivity index (χ4n) is 2.43. The molecule has 26 heavy (non-hydrogen) atoms. The van der Waals surface area contributed by atoms with E-state index in [4.69, 9.17) is 9.15 Å². The summed E-state index contributed by atoms with van der Waals surface area (Å²) in [6, 6.07) is 3.80. The van der Waals surface area contributed by atoms with Crippen LogP contribution in [0.1, 0.15) is 46.8 Å². The monoisotopic (exact) mass is 366 g/mol. The molecule has 0 spiro atoms. The van der Waals surface area contributed by atoms with Gasteiger partial charge in [0.25, 0.3) is 0 Å². The average Bonchev–Trinajstić information content (AvgIpc) is 3.03. The third kappa shape index (κ3) is 8.27. The molecular weight excluding hydrogens is 332 g/mol. The summed E-state index contributed by atoms with van der Waals surface area (Å²) in [6.07, 6.45) is 2.06. The molecule has 0 saturated carbocycles. The van der Waals surface area contributed by atoms with Crippen LogP contribution in [0.15, 0.2) is 27.8 Å². The van der Waals surface area contributed by atoms with Gasteiger partial charge < -0.3 is 24.7 Å². The van der Waals surface area contributed by atoms with E-state index >= 15 is 0 Å². The zero-order valence-electron chi connectivity index (χ0n) is 17.1. The number of furan rings is 1. The molecule has 0 aliphatic carbocycles. The summed E-state index contributed by atoms with van der Waals surface area (Å²) in [4.78, 5) is 18.4. The number of guanidine groups is 1. The second kappa shape index (κ2) is 10.1. The summed E-state index contributed by atoms with van der Waals surface area (Å²) in [6.45, 7) is 11.1. The third-order valence-corrected chi connectivity index (χ3v) is 3.86. The van der Waals surface area contributed by atoms with Crippen LogP contribution in [0.2, 0.25) is 0 Å². The van der Waals surface area contributed by atoms with E-state index in [0.717, 1.165) is 24.7 Å². The van der Waals surface area contributed by atoms with Gasteiger partial charge in [0.2, 0.25) is 0 Å². The molecule has 7 heteroatoms. The van der Waals surface area contributed by atoms with Gasteiger partial charge >= 0.3 is 6.09 Å². The smallest absolute Gasteiger partial charge is 0.407 e. The molecule has 148 valence electrons. The molecule has 2 N–H and O–H groups in total. The van der Waals surface area contributed by atoms with Gasteiger partial charge in [-0.25, -0.2) is 4.79 Å². The maximum atomic E-state index is 12.0. The number of ether oxygens (including phenoxy) is 1. The first-order valence-electron chi connectivity index (χ1n) is 9.06. The maximum Gasteiger partial charge on any atom is 0.407 e. The lowest BCUT2D eigenvalue weighted by molar-refractivity contribution is 0.0486. The van der Waals surface area contributed by atoms with Crippen molar-refractivity contribution in [1.82, 2.24) is 15.5 Å². The highest BCUT2D eigenvalue weighted by molar-refractivity contribution is 5.79. The van der Waals surface area contributed by atoms with Crippen molar-refractivity contribution in [2.24, 2.45) is 10.9 Å². The quantitative estimate of drug-likeness (QED) is 0.572. The molecule has 1 amide bonds. The van der Waals surface area contributed by atoms with Crippen LogP contribution in [-0.4, -0.2) is 49.2 Å². The molecule has 0 radical (unpaired) electrons. The molecule has 1 unspecified atom stereocenters. The van der Waals surface area contributed by atoms with Crippen LogP contribution in [0.5, 0.6) is 0 Å². The molecule has 1 aromatic rings. The van der Waals surface area contributed by atoms with Crippen molar-refractivity contribution in [3.8, 4) is 0 Å². The third-order valence-electron chi connectivity index (χ3n) is 3.86. The lowest BCUT2D eigenvalue weighted by Gasteiger charge is -2.28. The minimum Gasteiger partial charge on any atom is -0.467 e. The minimum absolute atomic E-state index is 0.0236. The second-order valence-corrected chi connectivity index (χ2v) is 7.69. The number of rotatable bonds is 7. The van der Waals surface area contributed by atoms with Crippen molar-refractivity contribution >= 4 is 12.1 Å². The number of hydrogen-bond donors (Lipinski definition) is 2. The van der Waals surface area contributed by atoms with Gasteiger partial charge in [-0.2, -0.15) is 0 Å². The zero-order valence-corrected chi connectivity index (χ0v) is 17.1. The summed E-state index contributed by atoms with van der Waals surface area (Å²) in [5.41, 5.74) is -0.500. The maximum absolute atomic E-state index is 12.0. The zero-order chi connectivity index (χ0) is 19.7. The molecule has 1 rings (SSSR count). The predicted molar refractivity (Wildman–Crippen MR) is 104 cm³/mol. The molecule has 0 aromatic carbocycles. The normalized spacial score (nSPS) is 13.5. The van der Waals surface area contributed by atoms with Crippen LogP contribution >= 0.6 is 0 Å². The minimum atomic E-state index is -0.500. The number of alkyl carbamates (subject to hydrolysis) is 1. The van der Waals surface area contributed by atoms with Crippen LogP contribution < -0.4 is 10.6 Å². The van der Waals surface area contributed by atoms with E-state index < -0.39 is 5.60 Å². The Bertz CT molecular complexity index is 562. The van der Waals surface area contributed by atoms with E-state index in [1.54, 1.807) is 13.3 Å². The summed E-state index contributed by atoms with van der Waals surface area (Å²) in [7, 11) is 3.72. The number of nitrogens with one attached hydrogen (secondary N) is 2. The van der Waals surface area contributed by atoms with E-state index in [1.165, 1.54) is 0 Å². The Balaban J connectivity index is 2.51. The van der Waals surface area contributed by atoms with Crippen LogP contribution in [0, 0.1) is 5.92 Å². The van der Waals surface area contributed by atoms with E-state index in [0.29, 0.717) is 12.5 Å². The van der Waals surface area contributed by atoms with Crippen LogP contribution in [0.3, 0.4) is 0 Å². The van der Waals surface area contributed by atoms with E-state index in [1.807, 2.05) is 44.9 Å². The van der Waals surface area contributed by atoms with Crippen molar-refractivity contribution < 1.29 is 13.9 Å². The Morgan fingerprint density at radius 1 is 1.38 bits per heavy atom. The van der Waals surface area contributed by atoms with Crippen molar-refractivity contribution in [2.45, 2.75) is 59.2 Å². The molecule has 0 aliphatic heterocycles. The summed E-state index contributed by atoms with van der Waals surface area (Å²) < 4.78 is 10.7. The van der Waals surface area contributed by atoms with Gasteiger partial charge in [-0.1, -0.05) is 13.8 Å². The highest BCUT2D eigenvalue weighted by atomic mass is 16.6. The molecule has 0 fully saturated rings. The first kappa shape index (κ1) is 21.9. The molecule has 7 nitrogen and oxygen atoms in total. The fraction of sp³-hybridized carbons (Fsp3) is 0.684. The summed E-state index contributed by atoms with van der Waals surface area (Å²) in [5.74, 6) is 1.93. The number of hydrogen-bond acceptors (Lipinski definition) is 4. The fourth-order valence-corrected chi connectivity index (χ4v) is 2.43. The Hall–Kier alpha value is -2.18. The number of amides is 1. The van der Waals surface area contributed by atoms with Crippen molar-refractivity contribution in [3.63, 3.8) is 0 Å². The van der Waals surface area contributed by atoms with Crippen molar-refractivity contribution in [2.75, 3.05) is 20.6 Å². The van der Waals surface area contributed by atoms with Crippen LogP contribution in [-0.2, 0) is 11.3 Å². The molecule has 1 heterocycles. The van der Waals surface area contributed by atoms with E-state index in [9.17, 15) is 4.79 Å².